The van der Waals surface area contributed by atoms with E-state index in [0.29, 0.717) is 12.0 Å². The van der Waals surface area contributed by atoms with E-state index in [0.717, 1.165) is 22.4 Å². The van der Waals surface area contributed by atoms with Crippen LogP contribution in [0.5, 0.6) is 0 Å². The molecule has 0 aliphatic carbocycles. The van der Waals surface area contributed by atoms with Crippen molar-refractivity contribution in [3.05, 3.63) is 114 Å². The largest absolute Gasteiger partial charge is 0.458 e. The molecule has 2 atom stereocenters. The second-order valence-corrected chi connectivity index (χ2v) is 8.55. The van der Waals surface area contributed by atoms with Crippen LogP contribution in [0.15, 0.2) is 91.5 Å². The molecule has 0 saturated heterocycles. The number of ether oxygens (including phenoxy) is 2. The molecule has 7 heteroatoms. The summed E-state index contributed by atoms with van der Waals surface area (Å²) in [5.41, 5.74) is 4.09. The fourth-order valence-electron chi connectivity index (χ4n) is 3.70. The molecule has 1 amide bonds. The Kier molecular flexibility index (Phi) is 10.4. The molecular formula is C30H31N3O4. The highest BCUT2D eigenvalue weighted by molar-refractivity contribution is 5.89. The molecule has 0 aliphatic heterocycles. The first kappa shape index (κ1) is 27.2. The second-order valence-electron chi connectivity index (χ2n) is 8.55. The minimum atomic E-state index is -0.842. The summed E-state index contributed by atoms with van der Waals surface area (Å²) in [6.07, 6.45) is 1.96. The zero-order chi connectivity index (χ0) is 26.5. The molecule has 0 aromatic heterocycles. The van der Waals surface area contributed by atoms with E-state index in [1.807, 2.05) is 67.6 Å². The summed E-state index contributed by atoms with van der Waals surface area (Å²) < 4.78 is 10.8. The van der Waals surface area contributed by atoms with Crippen LogP contribution in [0.2, 0.25) is 0 Å². The van der Waals surface area contributed by atoms with E-state index < -0.39 is 18.1 Å². The number of anilines is 1. The lowest BCUT2D eigenvalue weighted by atomic mass is 10.0. The zero-order valence-electron chi connectivity index (χ0n) is 20.9. The number of nitrogens with one attached hydrogen (secondary N) is 2. The zero-order valence-corrected chi connectivity index (χ0v) is 20.9. The van der Waals surface area contributed by atoms with Gasteiger partial charge in [0.25, 0.3) is 0 Å². The van der Waals surface area contributed by atoms with Crippen LogP contribution in [0.4, 0.5) is 5.69 Å². The van der Waals surface area contributed by atoms with Crippen molar-refractivity contribution in [3.63, 3.8) is 0 Å². The van der Waals surface area contributed by atoms with Gasteiger partial charge in [-0.15, -0.1) is 0 Å². The maximum atomic E-state index is 13.2. The Morgan fingerprint density at radius 3 is 2.51 bits per heavy atom. The van der Waals surface area contributed by atoms with Crippen molar-refractivity contribution in [2.75, 3.05) is 18.5 Å². The first-order valence-corrected chi connectivity index (χ1v) is 12.0. The van der Waals surface area contributed by atoms with Gasteiger partial charge in [-0.1, -0.05) is 72.8 Å². The quantitative estimate of drug-likeness (QED) is 0.265. The molecule has 190 valence electrons. The van der Waals surface area contributed by atoms with Crippen molar-refractivity contribution >= 4 is 17.6 Å². The first-order chi connectivity index (χ1) is 18.0. The fraction of sp³-hybridized carbons (Fsp3) is 0.233. The fourth-order valence-corrected chi connectivity index (χ4v) is 3.70. The molecule has 2 N–H and O–H groups in total. The Bertz CT molecular complexity index is 1240. The van der Waals surface area contributed by atoms with Gasteiger partial charge < -0.3 is 20.1 Å². The van der Waals surface area contributed by atoms with E-state index in [9.17, 15) is 14.9 Å². The van der Waals surface area contributed by atoms with Gasteiger partial charge in [0.15, 0.2) is 0 Å². The van der Waals surface area contributed by atoms with Gasteiger partial charge in [0.2, 0.25) is 5.91 Å². The number of carbonyl (C=O) groups is 2. The van der Waals surface area contributed by atoms with E-state index >= 15 is 0 Å². The smallest absolute Gasteiger partial charge is 0.338 e. The van der Waals surface area contributed by atoms with Gasteiger partial charge in [0, 0.05) is 12.1 Å². The molecule has 0 fully saturated rings. The predicted molar refractivity (Wildman–Crippen MR) is 143 cm³/mol. The molecule has 3 aromatic carbocycles. The topological polar surface area (TPSA) is 100 Å². The van der Waals surface area contributed by atoms with E-state index in [-0.39, 0.29) is 25.7 Å². The number of aryl methyl sites for hydroxylation is 1. The number of hydrogen-bond donors (Lipinski definition) is 2. The van der Waals surface area contributed by atoms with Crippen molar-refractivity contribution in [1.29, 1.82) is 5.26 Å². The van der Waals surface area contributed by atoms with Crippen LogP contribution in [0.1, 0.15) is 27.0 Å². The van der Waals surface area contributed by atoms with Crippen LogP contribution in [0, 0.1) is 18.3 Å². The summed E-state index contributed by atoms with van der Waals surface area (Å²) in [4.78, 5) is 25.2. The van der Waals surface area contributed by atoms with Crippen molar-refractivity contribution in [2.45, 2.75) is 32.0 Å². The lowest BCUT2D eigenvalue weighted by Gasteiger charge is -2.22. The molecule has 0 saturated carbocycles. The molecule has 3 aromatic rings. The van der Waals surface area contributed by atoms with E-state index in [1.54, 1.807) is 18.2 Å². The number of esters is 1. The van der Waals surface area contributed by atoms with Gasteiger partial charge in [-0.05, 0) is 42.3 Å². The maximum absolute atomic E-state index is 13.2. The molecule has 0 unspecified atom stereocenters. The molecule has 37 heavy (non-hydrogen) atoms. The van der Waals surface area contributed by atoms with Gasteiger partial charge in [0.1, 0.15) is 18.7 Å². The molecule has 0 radical (unpaired) electrons. The molecule has 0 bridgehead atoms. The molecular weight excluding hydrogens is 466 g/mol. The van der Waals surface area contributed by atoms with Gasteiger partial charge in [-0.2, -0.15) is 5.26 Å². The molecule has 0 aliphatic rings. The Labute approximate surface area is 217 Å². The summed E-state index contributed by atoms with van der Waals surface area (Å²) in [5, 5.41) is 15.7. The molecule has 7 nitrogen and oxygen atoms in total. The molecule has 3 rings (SSSR count). The number of benzene rings is 3. The van der Waals surface area contributed by atoms with E-state index in [2.05, 4.69) is 23.3 Å². The van der Waals surface area contributed by atoms with Gasteiger partial charge in [-0.25, -0.2) is 4.79 Å². The second kappa shape index (κ2) is 14.2. The Balaban J connectivity index is 1.60. The van der Waals surface area contributed by atoms with Crippen LogP contribution in [0.25, 0.3) is 0 Å². The monoisotopic (exact) mass is 497 g/mol. The number of para-hydroxylation sites is 1. The van der Waals surface area contributed by atoms with Gasteiger partial charge in [-0.3, -0.25) is 4.79 Å². The first-order valence-electron chi connectivity index (χ1n) is 12.0. The van der Waals surface area contributed by atoms with Crippen molar-refractivity contribution in [3.8, 4) is 6.07 Å². The number of carbonyl (C=O) groups excluding carboxylic acids is 2. The van der Waals surface area contributed by atoms with E-state index in [4.69, 9.17) is 9.47 Å². The lowest BCUT2D eigenvalue weighted by molar-refractivity contribution is -0.122. The van der Waals surface area contributed by atoms with Crippen LogP contribution in [0.3, 0.4) is 0 Å². The summed E-state index contributed by atoms with van der Waals surface area (Å²) in [6.45, 7) is 5.83. The summed E-state index contributed by atoms with van der Waals surface area (Å²) in [6, 6.07) is 25.0. The highest BCUT2D eigenvalue weighted by Crippen LogP contribution is 2.13. The average molecular weight is 498 g/mol. The highest BCUT2D eigenvalue weighted by atomic mass is 16.5. The summed E-state index contributed by atoms with van der Waals surface area (Å²) >= 11 is 0. The normalized spacial score (nSPS) is 12.0. The third-order valence-corrected chi connectivity index (χ3v) is 5.47. The van der Waals surface area contributed by atoms with Crippen molar-refractivity contribution < 1.29 is 19.1 Å². The average Bonchev–Trinajstić information content (AvgIpc) is 2.91. The minimum absolute atomic E-state index is 0.00409. The number of nitriles is 1. The number of rotatable bonds is 13. The third kappa shape index (κ3) is 8.95. The van der Waals surface area contributed by atoms with Gasteiger partial charge in [0.05, 0.1) is 24.8 Å². The maximum Gasteiger partial charge on any atom is 0.338 e. The molecule has 0 heterocycles. The SMILES string of the molecule is C=CCOC(=O)c1cccc(COC[C@H](C#N)NC(=O)[C@H](Cc2cccc(C)c2)Nc2ccccc2)c1. The van der Waals surface area contributed by atoms with Crippen LogP contribution >= 0.6 is 0 Å². The Hall–Kier alpha value is -4.41. The summed E-state index contributed by atoms with van der Waals surface area (Å²) in [5.74, 6) is -0.748. The molecule has 0 spiro atoms. The predicted octanol–water partition coefficient (Wildman–Crippen LogP) is 4.59. The van der Waals surface area contributed by atoms with Crippen molar-refractivity contribution in [1.82, 2.24) is 5.32 Å². The van der Waals surface area contributed by atoms with Crippen LogP contribution in [-0.4, -0.2) is 37.2 Å². The Morgan fingerprint density at radius 2 is 1.78 bits per heavy atom. The number of nitrogens with zero attached hydrogens (tertiary/aromatic N) is 1. The van der Waals surface area contributed by atoms with Crippen LogP contribution in [-0.2, 0) is 27.3 Å². The van der Waals surface area contributed by atoms with Crippen LogP contribution < -0.4 is 10.6 Å². The third-order valence-electron chi connectivity index (χ3n) is 5.47. The number of hydrogen-bond acceptors (Lipinski definition) is 6. The van der Waals surface area contributed by atoms with Crippen molar-refractivity contribution in [2.24, 2.45) is 0 Å². The Morgan fingerprint density at radius 1 is 1.03 bits per heavy atom. The highest BCUT2D eigenvalue weighted by Gasteiger charge is 2.22. The standard InChI is InChI=1S/C30H31N3O4/c1-3-15-37-30(35)25-12-8-11-24(17-25)20-36-21-27(19-31)33-29(34)28(32-26-13-5-4-6-14-26)18-23-10-7-9-22(2)16-23/h3-14,16-17,27-28,32H,1,15,18,20-21H2,2H3,(H,33,34)/t27-,28-/m0/s1. The minimum Gasteiger partial charge on any atom is -0.458 e. The summed E-state index contributed by atoms with van der Waals surface area (Å²) in [7, 11) is 0. The van der Waals surface area contributed by atoms with Gasteiger partial charge >= 0.3 is 5.97 Å². The number of amides is 1. The van der Waals surface area contributed by atoms with E-state index in [1.165, 1.54) is 6.08 Å². The lowest BCUT2D eigenvalue weighted by Crippen LogP contribution is -2.46.